The summed E-state index contributed by atoms with van der Waals surface area (Å²) in [7, 11) is 0. The monoisotopic (exact) mass is 298 g/mol. The van der Waals surface area contributed by atoms with Crippen molar-refractivity contribution >= 4 is 23.2 Å². The molecule has 0 unspecified atom stereocenters. The highest BCUT2D eigenvalue weighted by Gasteiger charge is 2.14. The number of nitrogens with one attached hydrogen (secondary N) is 1. The Kier molecular flexibility index (Phi) is 6.99. The second kappa shape index (κ2) is 8.25. The molecule has 1 amide bonds. The van der Waals surface area contributed by atoms with Gasteiger partial charge in [0.2, 0.25) is 5.91 Å². The number of amides is 1. The highest BCUT2D eigenvalue weighted by Crippen LogP contribution is 2.20. The van der Waals surface area contributed by atoms with Crippen LogP contribution < -0.4 is 5.32 Å². The van der Waals surface area contributed by atoms with E-state index >= 15 is 0 Å². The van der Waals surface area contributed by atoms with Gasteiger partial charge in [-0.1, -0.05) is 23.7 Å². The molecule has 1 aromatic carbocycles. The van der Waals surface area contributed by atoms with E-state index in [9.17, 15) is 9.90 Å². The molecule has 0 saturated heterocycles. The minimum Gasteiger partial charge on any atom is -0.392 e. The number of aliphatic hydroxyl groups is 1. The number of para-hydroxylation sites is 1. The third kappa shape index (κ3) is 5.90. The summed E-state index contributed by atoms with van der Waals surface area (Å²) in [6.07, 6.45) is -0.0279. The first kappa shape index (κ1) is 17.0. The molecule has 0 fully saturated rings. The fourth-order valence-electron chi connectivity index (χ4n) is 1.92. The van der Waals surface area contributed by atoms with Gasteiger partial charge in [0.25, 0.3) is 0 Å². The van der Waals surface area contributed by atoms with Gasteiger partial charge in [-0.25, -0.2) is 0 Å². The van der Waals surface area contributed by atoms with Crippen molar-refractivity contribution in [2.45, 2.75) is 39.3 Å². The molecule has 5 heteroatoms. The van der Waals surface area contributed by atoms with E-state index < -0.39 is 6.10 Å². The molecule has 0 saturated carbocycles. The largest absolute Gasteiger partial charge is 0.392 e. The SMILES string of the molecule is CC(C)N(CCC(=O)Nc1ccccc1Cl)C[C@@H](C)O. The highest BCUT2D eigenvalue weighted by molar-refractivity contribution is 6.33. The average Bonchev–Trinajstić information content (AvgIpc) is 2.36. The molecule has 1 aromatic rings. The van der Waals surface area contributed by atoms with Crippen LogP contribution in [0.5, 0.6) is 0 Å². The molecular formula is C15H23ClN2O2. The first-order valence-electron chi connectivity index (χ1n) is 6.86. The molecule has 112 valence electrons. The van der Waals surface area contributed by atoms with E-state index in [4.69, 9.17) is 11.6 Å². The minimum absolute atomic E-state index is 0.0747. The molecule has 0 aliphatic rings. The van der Waals surface area contributed by atoms with Crippen LogP contribution in [-0.2, 0) is 4.79 Å². The van der Waals surface area contributed by atoms with Crippen LogP contribution in [0.4, 0.5) is 5.69 Å². The Morgan fingerprint density at radius 3 is 2.55 bits per heavy atom. The number of nitrogens with zero attached hydrogens (tertiary/aromatic N) is 1. The highest BCUT2D eigenvalue weighted by atomic mass is 35.5. The molecule has 0 radical (unpaired) electrons. The Labute approximate surface area is 125 Å². The maximum Gasteiger partial charge on any atom is 0.225 e. The summed E-state index contributed by atoms with van der Waals surface area (Å²) in [4.78, 5) is 14.0. The topological polar surface area (TPSA) is 52.6 Å². The van der Waals surface area contributed by atoms with Crippen LogP contribution in [0.2, 0.25) is 5.02 Å². The average molecular weight is 299 g/mol. The molecular weight excluding hydrogens is 276 g/mol. The van der Waals surface area contributed by atoms with Crippen molar-refractivity contribution < 1.29 is 9.90 Å². The lowest BCUT2D eigenvalue weighted by molar-refractivity contribution is -0.116. The molecule has 2 N–H and O–H groups in total. The molecule has 4 nitrogen and oxygen atoms in total. The number of halogens is 1. The van der Waals surface area contributed by atoms with Gasteiger partial charge in [0, 0.05) is 25.6 Å². The number of carbonyl (C=O) groups excluding carboxylic acids is 1. The molecule has 0 aliphatic carbocycles. The van der Waals surface area contributed by atoms with Crippen LogP contribution in [0.1, 0.15) is 27.2 Å². The molecule has 0 bridgehead atoms. The van der Waals surface area contributed by atoms with E-state index in [-0.39, 0.29) is 11.9 Å². The van der Waals surface area contributed by atoms with Crippen molar-refractivity contribution in [1.29, 1.82) is 0 Å². The van der Waals surface area contributed by atoms with Gasteiger partial charge >= 0.3 is 0 Å². The Morgan fingerprint density at radius 1 is 1.35 bits per heavy atom. The van der Waals surface area contributed by atoms with Gasteiger partial charge in [-0.2, -0.15) is 0 Å². The summed E-state index contributed by atoms with van der Waals surface area (Å²) < 4.78 is 0. The van der Waals surface area contributed by atoms with Crippen LogP contribution in [0.3, 0.4) is 0 Å². The van der Waals surface area contributed by atoms with Crippen molar-refractivity contribution in [3.63, 3.8) is 0 Å². The number of aliphatic hydroxyl groups excluding tert-OH is 1. The van der Waals surface area contributed by atoms with Gasteiger partial charge in [0.15, 0.2) is 0 Å². The van der Waals surface area contributed by atoms with Gasteiger partial charge in [0.05, 0.1) is 16.8 Å². The summed E-state index contributed by atoms with van der Waals surface area (Å²) in [5.41, 5.74) is 0.630. The zero-order valence-corrected chi connectivity index (χ0v) is 13.0. The normalized spacial score (nSPS) is 12.8. The smallest absolute Gasteiger partial charge is 0.225 e. The van der Waals surface area contributed by atoms with E-state index in [0.717, 1.165) is 0 Å². The Bertz CT molecular complexity index is 436. The van der Waals surface area contributed by atoms with Crippen LogP contribution in [0, 0.1) is 0 Å². The van der Waals surface area contributed by atoms with E-state index in [1.54, 1.807) is 19.1 Å². The summed E-state index contributed by atoms with van der Waals surface area (Å²) >= 11 is 5.99. The fraction of sp³-hybridized carbons (Fsp3) is 0.533. The Balaban J connectivity index is 2.48. The zero-order chi connectivity index (χ0) is 15.1. The van der Waals surface area contributed by atoms with Gasteiger partial charge < -0.3 is 10.4 Å². The third-order valence-corrected chi connectivity index (χ3v) is 3.33. The lowest BCUT2D eigenvalue weighted by Crippen LogP contribution is -2.38. The molecule has 1 atom stereocenters. The van der Waals surface area contributed by atoms with Crippen molar-refractivity contribution in [2.75, 3.05) is 18.4 Å². The maximum atomic E-state index is 11.9. The summed E-state index contributed by atoms with van der Waals surface area (Å²) in [5.74, 6) is -0.0747. The van der Waals surface area contributed by atoms with Gasteiger partial charge in [-0.15, -0.1) is 0 Å². The van der Waals surface area contributed by atoms with Crippen LogP contribution >= 0.6 is 11.6 Å². The third-order valence-electron chi connectivity index (χ3n) is 3.00. The molecule has 0 heterocycles. The van der Waals surface area contributed by atoms with Gasteiger partial charge in [0.1, 0.15) is 0 Å². The Morgan fingerprint density at radius 2 is 2.00 bits per heavy atom. The van der Waals surface area contributed by atoms with Crippen LogP contribution in [-0.4, -0.2) is 41.1 Å². The second-order valence-corrected chi connectivity index (χ2v) is 5.62. The van der Waals surface area contributed by atoms with Crippen molar-refractivity contribution in [3.8, 4) is 0 Å². The molecule has 0 aromatic heterocycles. The number of hydrogen-bond donors (Lipinski definition) is 2. The van der Waals surface area contributed by atoms with Crippen molar-refractivity contribution in [3.05, 3.63) is 29.3 Å². The molecule has 0 aliphatic heterocycles. The number of anilines is 1. The first-order valence-corrected chi connectivity index (χ1v) is 7.24. The summed E-state index contributed by atoms with van der Waals surface area (Å²) in [6.45, 7) is 7.03. The number of hydrogen-bond acceptors (Lipinski definition) is 3. The van der Waals surface area contributed by atoms with Crippen molar-refractivity contribution in [2.24, 2.45) is 0 Å². The van der Waals surface area contributed by atoms with E-state index in [1.807, 2.05) is 26.0 Å². The summed E-state index contributed by atoms with van der Waals surface area (Å²) in [6, 6.07) is 7.45. The minimum atomic E-state index is -0.399. The number of rotatable bonds is 7. The predicted octanol–water partition coefficient (Wildman–Crippen LogP) is 2.76. The first-order chi connectivity index (χ1) is 9.40. The fourth-order valence-corrected chi connectivity index (χ4v) is 2.10. The van der Waals surface area contributed by atoms with Crippen LogP contribution in [0.25, 0.3) is 0 Å². The lowest BCUT2D eigenvalue weighted by atomic mass is 10.2. The van der Waals surface area contributed by atoms with Crippen LogP contribution in [0.15, 0.2) is 24.3 Å². The predicted molar refractivity (Wildman–Crippen MR) is 83.1 cm³/mol. The Hall–Kier alpha value is -1.10. The zero-order valence-electron chi connectivity index (χ0n) is 12.3. The lowest BCUT2D eigenvalue weighted by Gasteiger charge is -2.27. The molecule has 20 heavy (non-hydrogen) atoms. The van der Waals surface area contributed by atoms with Gasteiger partial charge in [-0.3, -0.25) is 9.69 Å². The second-order valence-electron chi connectivity index (χ2n) is 5.22. The molecule has 1 rings (SSSR count). The van der Waals surface area contributed by atoms with E-state index in [2.05, 4.69) is 10.2 Å². The summed E-state index contributed by atoms with van der Waals surface area (Å²) in [5, 5.41) is 12.8. The van der Waals surface area contributed by atoms with Gasteiger partial charge in [-0.05, 0) is 32.9 Å². The molecule has 0 spiro atoms. The number of carbonyl (C=O) groups is 1. The van der Waals surface area contributed by atoms with E-state index in [1.165, 1.54) is 0 Å². The van der Waals surface area contributed by atoms with Crippen molar-refractivity contribution in [1.82, 2.24) is 4.90 Å². The standard InChI is InChI=1S/C15H23ClN2O2/c1-11(2)18(10-12(3)19)9-8-15(20)17-14-7-5-4-6-13(14)16/h4-7,11-12,19H,8-10H2,1-3H3,(H,17,20)/t12-/m1/s1. The maximum absolute atomic E-state index is 11.9. The quantitative estimate of drug-likeness (QED) is 0.814. The van der Waals surface area contributed by atoms with E-state index in [0.29, 0.717) is 30.2 Å². The number of benzene rings is 1.